The molecule has 0 spiro atoms. The number of halogens is 1. The van der Waals surface area contributed by atoms with Crippen molar-refractivity contribution in [1.82, 2.24) is 0 Å². The lowest BCUT2D eigenvalue weighted by Crippen LogP contribution is -2.06. The molecular weight excluding hydrogens is 348 g/mol. The predicted octanol–water partition coefficient (Wildman–Crippen LogP) is 3.60. The summed E-state index contributed by atoms with van der Waals surface area (Å²) in [4.78, 5) is 26.5. The van der Waals surface area contributed by atoms with Gasteiger partial charge in [-0.05, 0) is 29.8 Å². The molecule has 0 fully saturated rings. The van der Waals surface area contributed by atoms with Crippen LogP contribution in [0.1, 0.15) is 11.1 Å². The van der Waals surface area contributed by atoms with Gasteiger partial charge >= 0.3 is 5.97 Å². The summed E-state index contributed by atoms with van der Waals surface area (Å²) < 4.78 is 10.2. The van der Waals surface area contributed by atoms with Crippen molar-refractivity contribution < 1.29 is 19.2 Å². The Hall–Kier alpha value is -3.19. The van der Waals surface area contributed by atoms with Gasteiger partial charge in [0, 0.05) is 12.1 Å². The van der Waals surface area contributed by atoms with Crippen molar-refractivity contribution in [3.63, 3.8) is 0 Å². The van der Waals surface area contributed by atoms with Crippen molar-refractivity contribution in [1.29, 1.82) is 0 Å². The SMILES string of the molecule is COc1ccc(C2=N/C(=C\c3cccc([N+](=O)[O-])c3)C(=O)O2)c(Cl)c1. The number of esters is 1. The lowest BCUT2D eigenvalue weighted by atomic mass is 10.1. The Kier molecular flexibility index (Phi) is 4.49. The van der Waals surface area contributed by atoms with Crippen LogP contribution in [0.2, 0.25) is 5.02 Å². The molecule has 2 aromatic rings. The zero-order valence-electron chi connectivity index (χ0n) is 12.9. The molecule has 8 heteroatoms. The molecule has 7 nitrogen and oxygen atoms in total. The number of hydrogen-bond donors (Lipinski definition) is 0. The molecule has 0 aromatic heterocycles. The van der Waals surface area contributed by atoms with Gasteiger partial charge < -0.3 is 9.47 Å². The number of ether oxygens (including phenoxy) is 2. The highest BCUT2D eigenvalue weighted by Crippen LogP contribution is 2.27. The Balaban J connectivity index is 1.95. The number of aliphatic imine (C=N–C) groups is 1. The summed E-state index contributed by atoms with van der Waals surface area (Å²) in [6.45, 7) is 0. The van der Waals surface area contributed by atoms with Crippen LogP contribution in [0, 0.1) is 10.1 Å². The fourth-order valence-electron chi connectivity index (χ4n) is 2.21. The predicted molar refractivity (Wildman–Crippen MR) is 91.7 cm³/mol. The number of cyclic esters (lactones) is 1. The van der Waals surface area contributed by atoms with E-state index in [4.69, 9.17) is 21.1 Å². The highest BCUT2D eigenvalue weighted by molar-refractivity contribution is 6.34. The van der Waals surface area contributed by atoms with E-state index in [1.54, 1.807) is 24.3 Å². The monoisotopic (exact) mass is 358 g/mol. The summed E-state index contributed by atoms with van der Waals surface area (Å²) in [6, 6.07) is 10.7. The average molecular weight is 359 g/mol. The van der Waals surface area contributed by atoms with Gasteiger partial charge in [0.15, 0.2) is 5.70 Å². The van der Waals surface area contributed by atoms with Crippen LogP contribution in [0.25, 0.3) is 6.08 Å². The molecule has 0 bridgehead atoms. The second-order valence-corrected chi connectivity index (χ2v) is 5.44. The van der Waals surface area contributed by atoms with E-state index >= 15 is 0 Å². The Morgan fingerprint density at radius 1 is 1.28 bits per heavy atom. The third-order valence-corrected chi connectivity index (χ3v) is 3.72. The van der Waals surface area contributed by atoms with Crippen molar-refractivity contribution in [3.8, 4) is 5.75 Å². The van der Waals surface area contributed by atoms with E-state index < -0.39 is 10.9 Å². The van der Waals surface area contributed by atoms with Crippen LogP contribution >= 0.6 is 11.6 Å². The fraction of sp³-hybridized carbons (Fsp3) is 0.0588. The lowest BCUT2D eigenvalue weighted by Gasteiger charge is -2.05. The number of rotatable bonds is 4. The van der Waals surface area contributed by atoms with Crippen molar-refractivity contribution in [2.45, 2.75) is 0 Å². The molecule has 1 heterocycles. The molecule has 0 N–H and O–H groups in total. The van der Waals surface area contributed by atoms with Gasteiger partial charge in [-0.2, -0.15) is 0 Å². The molecule has 0 saturated heterocycles. The zero-order chi connectivity index (χ0) is 18.0. The quantitative estimate of drug-likeness (QED) is 0.360. The van der Waals surface area contributed by atoms with E-state index in [0.29, 0.717) is 21.9 Å². The molecule has 126 valence electrons. The van der Waals surface area contributed by atoms with E-state index in [-0.39, 0.29) is 17.3 Å². The smallest absolute Gasteiger partial charge is 0.363 e. The fourth-order valence-corrected chi connectivity index (χ4v) is 2.46. The first-order valence-corrected chi connectivity index (χ1v) is 7.46. The number of hydrogen-bond acceptors (Lipinski definition) is 6. The minimum Gasteiger partial charge on any atom is -0.497 e. The van der Waals surface area contributed by atoms with Crippen molar-refractivity contribution in [2.75, 3.05) is 7.11 Å². The molecule has 0 atom stereocenters. The third kappa shape index (κ3) is 3.51. The van der Waals surface area contributed by atoms with E-state index in [1.807, 2.05) is 0 Å². The second-order valence-electron chi connectivity index (χ2n) is 5.03. The molecule has 0 saturated carbocycles. The summed E-state index contributed by atoms with van der Waals surface area (Å²) in [7, 11) is 1.51. The van der Waals surface area contributed by atoms with Gasteiger partial charge in [-0.1, -0.05) is 23.7 Å². The number of nitro benzene ring substituents is 1. The third-order valence-electron chi connectivity index (χ3n) is 3.41. The van der Waals surface area contributed by atoms with E-state index in [0.717, 1.165) is 0 Å². The minimum absolute atomic E-state index is 0.0300. The zero-order valence-corrected chi connectivity index (χ0v) is 13.7. The number of carbonyl (C=O) groups excluding carboxylic acids is 1. The Bertz CT molecular complexity index is 936. The Morgan fingerprint density at radius 2 is 2.08 bits per heavy atom. The largest absolute Gasteiger partial charge is 0.497 e. The maximum absolute atomic E-state index is 12.0. The van der Waals surface area contributed by atoms with E-state index in [2.05, 4.69) is 4.99 Å². The minimum atomic E-state index is -0.659. The highest BCUT2D eigenvalue weighted by Gasteiger charge is 2.26. The summed E-state index contributed by atoms with van der Waals surface area (Å²) >= 11 is 6.15. The van der Waals surface area contributed by atoms with E-state index in [1.165, 1.54) is 31.4 Å². The number of methoxy groups -OCH3 is 1. The van der Waals surface area contributed by atoms with Crippen LogP contribution in [0.5, 0.6) is 5.75 Å². The number of nitro groups is 1. The van der Waals surface area contributed by atoms with Gasteiger partial charge in [0.1, 0.15) is 5.75 Å². The standard InChI is InChI=1S/C17H11ClN2O5/c1-24-12-5-6-13(14(18)9-12)16-19-15(17(21)25-16)8-10-3-2-4-11(7-10)20(22)23/h2-9H,1H3/b15-8-. The maximum Gasteiger partial charge on any atom is 0.363 e. The molecule has 0 amide bonds. The van der Waals surface area contributed by atoms with Crippen LogP contribution in [0.4, 0.5) is 5.69 Å². The lowest BCUT2D eigenvalue weighted by molar-refractivity contribution is -0.384. The first-order valence-electron chi connectivity index (χ1n) is 7.09. The van der Waals surface area contributed by atoms with Gasteiger partial charge in [-0.15, -0.1) is 0 Å². The highest BCUT2D eigenvalue weighted by atomic mass is 35.5. The Labute approximate surface area is 147 Å². The van der Waals surface area contributed by atoms with Crippen molar-refractivity contribution in [3.05, 3.63) is 74.4 Å². The number of benzene rings is 2. The summed E-state index contributed by atoms with van der Waals surface area (Å²) in [5.41, 5.74) is 0.857. The van der Waals surface area contributed by atoms with Crippen LogP contribution in [0.15, 0.2) is 53.2 Å². The molecule has 1 aliphatic heterocycles. The molecule has 0 unspecified atom stereocenters. The first kappa shape index (κ1) is 16.7. The summed E-state index contributed by atoms with van der Waals surface area (Å²) in [6.07, 6.45) is 1.42. The number of carbonyl (C=O) groups is 1. The second kappa shape index (κ2) is 6.74. The van der Waals surface area contributed by atoms with E-state index in [9.17, 15) is 14.9 Å². The normalized spacial score (nSPS) is 15.0. The molecular formula is C17H11ClN2O5. The topological polar surface area (TPSA) is 91.0 Å². The average Bonchev–Trinajstić information content (AvgIpc) is 2.95. The molecule has 25 heavy (non-hydrogen) atoms. The van der Waals surface area contributed by atoms with Gasteiger partial charge in [-0.25, -0.2) is 9.79 Å². The molecule has 2 aromatic carbocycles. The first-order chi connectivity index (χ1) is 12.0. The molecule has 3 rings (SSSR count). The van der Waals surface area contributed by atoms with Crippen LogP contribution in [-0.2, 0) is 9.53 Å². The maximum atomic E-state index is 12.0. The van der Waals surface area contributed by atoms with Crippen LogP contribution < -0.4 is 4.74 Å². The number of non-ortho nitro benzene ring substituents is 1. The van der Waals surface area contributed by atoms with Crippen molar-refractivity contribution >= 4 is 35.2 Å². The summed E-state index contributed by atoms with van der Waals surface area (Å²) in [5, 5.41) is 11.1. The van der Waals surface area contributed by atoms with Crippen molar-refractivity contribution in [2.24, 2.45) is 4.99 Å². The van der Waals surface area contributed by atoms with Gasteiger partial charge in [0.2, 0.25) is 5.90 Å². The van der Waals surface area contributed by atoms with Gasteiger partial charge in [0.25, 0.3) is 5.69 Å². The van der Waals surface area contributed by atoms with Gasteiger partial charge in [0.05, 0.1) is 22.6 Å². The summed E-state index contributed by atoms with van der Waals surface area (Å²) in [5.74, 6) is -0.0336. The molecule has 0 aliphatic carbocycles. The van der Waals surface area contributed by atoms with Crippen LogP contribution in [0.3, 0.4) is 0 Å². The number of nitrogens with zero attached hydrogens (tertiary/aromatic N) is 2. The van der Waals surface area contributed by atoms with Gasteiger partial charge in [-0.3, -0.25) is 10.1 Å². The Morgan fingerprint density at radius 3 is 2.76 bits per heavy atom. The molecule has 0 radical (unpaired) electrons. The van der Waals surface area contributed by atoms with Crippen LogP contribution in [-0.4, -0.2) is 23.9 Å². The molecule has 1 aliphatic rings.